The molecule has 3 N–H and O–H groups in total. The predicted octanol–water partition coefficient (Wildman–Crippen LogP) is 1.64. The summed E-state index contributed by atoms with van der Waals surface area (Å²) in [7, 11) is 0. The topological polar surface area (TPSA) is 61.4 Å². The van der Waals surface area contributed by atoms with Crippen LogP contribution in [0, 0.1) is 5.92 Å². The minimum absolute atomic E-state index is 0. The van der Waals surface area contributed by atoms with Gasteiger partial charge in [0.2, 0.25) is 0 Å². The van der Waals surface area contributed by atoms with Crippen molar-refractivity contribution in [3.8, 4) is 0 Å². The molecule has 1 aliphatic heterocycles. The summed E-state index contributed by atoms with van der Waals surface area (Å²) in [6, 6.07) is 9.32. The summed E-state index contributed by atoms with van der Waals surface area (Å²) in [6.07, 6.45) is -0.0565. The molecule has 2 rings (SSSR count). The van der Waals surface area contributed by atoms with Gasteiger partial charge in [-0.05, 0) is 31.4 Å². The zero-order valence-corrected chi connectivity index (χ0v) is 12.7. The first-order valence-electron chi connectivity index (χ1n) is 6.86. The van der Waals surface area contributed by atoms with Gasteiger partial charge in [-0.3, -0.25) is 4.79 Å². The number of carbonyl (C=O) groups excluding carboxylic acids is 1. The first-order valence-corrected chi connectivity index (χ1v) is 6.86. The van der Waals surface area contributed by atoms with Gasteiger partial charge in [-0.15, -0.1) is 12.4 Å². The Hall–Kier alpha value is -1.10. The van der Waals surface area contributed by atoms with Crippen LogP contribution in [0.4, 0.5) is 0 Å². The van der Waals surface area contributed by atoms with E-state index in [2.05, 4.69) is 24.5 Å². The number of benzene rings is 1. The second kappa shape index (κ2) is 7.62. The summed E-state index contributed by atoms with van der Waals surface area (Å²) in [5.41, 5.74) is 0.629. The van der Waals surface area contributed by atoms with E-state index >= 15 is 0 Å². The molecule has 0 saturated carbocycles. The predicted molar refractivity (Wildman–Crippen MR) is 81.8 cm³/mol. The number of aliphatic hydroxyl groups excluding tert-OH is 1. The van der Waals surface area contributed by atoms with Gasteiger partial charge in [0, 0.05) is 12.1 Å². The number of carbonyl (C=O) groups is 1. The van der Waals surface area contributed by atoms with Gasteiger partial charge in [-0.1, -0.05) is 37.3 Å². The molecule has 5 heteroatoms. The van der Waals surface area contributed by atoms with Crippen LogP contribution in [0.5, 0.6) is 0 Å². The lowest BCUT2D eigenvalue weighted by atomic mass is 9.89. The van der Waals surface area contributed by atoms with Crippen molar-refractivity contribution >= 4 is 18.3 Å². The number of amides is 1. The average Bonchev–Trinajstić information content (AvgIpc) is 2.43. The zero-order valence-electron chi connectivity index (χ0n) is 11.9. The van der Waals surface area contributed by atoms with Crippen LogP contribution in [0.15, 0.2) is 30.3 Å². The lowest BCUT2D eigenvalue weighted by Gasteiger charge is -2.36. The van der Waals surface area contributed by atoms with Crippen LogP contribution in [-0.2, 0) is 4.79 Å². The molecule has 112 valence electrons. The van der Waals surface area contributed by atoms with Gasteiger partial charge in [-0.25, -0.2) is 0 Å². The number of halogens is 1. The number of nitrogens with one attached hydrogen (secondary N) is 2. The van der Waals surface area contributed by atoms with Crippen molar-refractivity contribution < 1.29 is 9.90 Å². The molecule has 0 radical (unpaired) electrons. The molecule has 0 aliphatic carbocycles. The fourth-order valence-electron chi connectivity index (χ4n) is 2.64. The quantitative estimate of drug-likeness (QED) is 0.795. The lowest BCUT2D eigenvalue weighted by Crippen LogP contribution is -2.56. The maximum absolute atomic E-state index is 12.1. The first-order chi connectivity index (χ1) is 9.09. The molecule has 1 aromatic rings. The summed E-state index contributed by atoms with van der Waals surface area (Å²) >= 11 is 0. The molecule has 1 aliphatic rings. The van der Waals surface area contributed by atoms with Crippen molar-refractivity contribution in [3.05, 3.63) is 35.9 Å². The third-order valence-corrected chi connectivity index (χ3v) is 3.89. The van der Waals surface area contributed by atoms with Crippen LogP contribution in [0.25, 0.3) is 0 Å². The largest absolute Gasteiger partial charge is 0.378 e. The Kier molecular flexibility index (Phi) is 6.46. The monoisotopic (exact) mass is 298 g/mol. The molecule has 0 bridgehead atoms. The van der Waals surface area contributed by atoms with Crippen LogP contribution < -0.4 is 10.6 Å². The SMILES string of the molecule is CC1CCNC(C)C1NC(=O)C(O)c1ccccc1.Cl. The van der Waals surface area contributed by atoms with Crippen LogP contribution >= 0.6 is 12.4 Å². The Bertz CT molecular complexity index is 417. The van der Waals surface area contributed by atoms with Crippen LogP contribution in [0.2, 0.25) is 0 Å². The third kappa shape index (κ3) is 3.95. The van der Waals surface area contributed by atoms with Gasteiger partial charge in [0.15, 0.2) is 6.10 Å². The van der Waals surface area contributed by atoms with Gasteiger partial charge in [0.1, 0.15) is 0 Å². The molecule has 4 nitrogen and oxygen atoms in total. The Labute approximate surface area is 126 Å². The van der Waals surface area contributed by atoms with E-state index in [0.29, 0.717) is 11.5 Å². The van der Waals surface area contributed by atoms with Crippen molar-refractivity contribution in [2.75, 3.05) is 6.54 Å². The van der Waals surface area contributed by atoms with Crippen molar-refractivity contribution in [2.24, 2.45) is 5.92 Å². The van der Waals surface area contributed by atoms with E-state index < -0.39 is 6.10 Å². The van der Waals surface area contributed by atoms with Crippen molar-refractivity contribution in [3.63, 3.8) is 0 Å². The summed E-state index contributed by atoms with van der Waals surface area (Å²) in [6.45, 7) is 5.18. The van der Waals surface area contributed by atoms with Crippen LogP contribution in [0.3, 0.4) is 0 Å². The summed E-state index contributed by atoms with van der Waals surface area (Å²) in [5.74, 6) is 0.0989. The van der Waals surface area contributed by atoms with E-state index in [1.165, 1.54) is 0 Å². The average molecular weight is 299 g/mol. The van der Waals surface area contributed by atoms with Crippen molar-refractivity contribution in [1.29, 1.82) is 0 Å². The fourth-order valence-corrected chi connectivity index (χ4v) is 2.64. The highest BCUT2D eigenvalue weighted by Gasteiger charge is 2.30. The van der Waals surface area contributed by atoms with E-state index in [1.54, 1.807) is 12.1 Å². The van der Waals surface area contributed by atoms with E-state index in [-0.39, 0.29) is 30.4 Å². The first kappa shape index (κ1) is 17.0. The molecule has 1 heterocycles. The molecule has 1 fully saturated rings. The molecule has 4 atom stereocenters. The summed E-state index contributed by atoms with van der Waals surface area (Å²) < 4.78 is 0. The molecule has 4 unspecified atom stereocenters. The zero-order chi connectivity index (χ0) is 13.8. The number of hydrogen-bond donors (Lipinski definition) is 3. The number of aliphatic hydroxyl groups is 1. The molecular formula is C15H23ClN2O2. The van der Waals surface area contributed by atoms with E-state index in [9.17, 15) is 9.90 Å². The van der Waals surface area contributed by atoms with Crippen molar-refractivity contribution in [1.82, 2.24) is 10.6 Å². The molecule has 1 saturated heterocycles. The second-order valence-corrected chi connectivity index (χ2v) is 5.36. The van der Waals surface area contributed by atoms with Crippen LogP contribution in [-0.4, -0.2) is 29.6 Å². The minimum atomic E-state index is -1.09. The normalized spacial score (nSPS) is 27.2. The highest BCUT2D eigenvalue weighted by Crippen LogP contribution is 2.18. The number of rotatable bonds is 3. The standard InChI is InChI=1S/C15H22N2O2.ClH/c1-10-8-9-16-11(2)13(10)17-15(19)14(18)12-6-4-3-5-7-12;/h3-7,10-11,13-14,16,18H,8-9H2,1-2H3,(H,17,19);1H. The molecule has 1 aromatic carbocycles. The molecular weight excluding hydrogens is 276 g/mol. The van der Waals surface area contributed by atoms with Gasteiger partial charge in [0.25, 0.3) is 5.91 Å². The Morgan fingerprint density at radius 1 is 1.35 bits per heavy atom. The van der Waals surface area contributed by atoms with Crippen molar-refractivity contribution in [2.45, 2.75) is 38.5 Å². The highest BCUT2D eigenvalue weighted by molar-refractivity contribution is 5.85. The third-order valence-electron chi connectivity index (χ3n) is 3.89. The second-order valence-electron chi connectivity index (χ2n) is 5.36. The Morgan fingerprint density at radius 3 is 2.60 bits per heavy atom. The van der Waals surface area contributed by atoms with E-state index in [0.717, 1.165) is 13.0 Å². The van der Waals surface area contributed by atoms with E-state index in [4.69, 9.17) is 0 Å². The Morgan fingerprint density at radius 2 is 2.00 bits per heavy atom. The Balaban J connectivity index is 0.00000200. The molecule has 20 heavy (non-hydrogen) atoms. The van der Waals surface area contributed by atoms with Gasteiger partial charge < -0.3 is 15.7 Å². The smallest absolute Gasteiger partial charge is 0.253 e. The fraction of sp³-hybridized carbons (Fsp3) is 0.533. The molecule has 1 amide bonds. The van der Waals surface area contributed by atoms with Gasteiger partial charge in [-0.2, -0.15) is 0 Å². The summed E-state index contributed by atoms with van der Waals surface area (Å²) in [5, 5.41) is 16.4. The van der Waals surface area contributed by atoms with Crippen LogP contribution in [0.1, 0.15) is 31.9 Å². The van der Waals surface area contributed by atoms with E-state index in [1.807, 2.05) is 18.2 Å². The van der Waals surface area contributed by atoms with Gasteiger partial charge in [0.05, 0.1) is 0 Å². The minimum Gasteiger partial charge on any atom is -0.378 e. The maximum Gasteiger partial charge on any atom is 0.253 e. The lowest BCUT2D eigenvalue weighted by molar-refractivity contribution is -0.131. The highest BCUT2D eigenvalue weighted by atomic mass is 35.5. The molecule has 0 spiro atoms. The number of hydrogen-bond acceptors (Lipinski definition) is 3. The summed E-state index contributed by atoms with van der Waals surface area (Å²) in [4.78, 5) is 12.1. The van der Waals surface area contributed by atoms with Gasteiger partial charge >= 0.3 is 0 Å². The molecule has 0 aromatic heterocycles. The maximum atomic E-state index is 12.1. The number of piperidine rings is 1.